The van der Waals surface area contributed by atoms with Gasteiger partial charge in [0.15, 0.2) is 0 Å². The van der Waals surface area contributed by atoms with Gasteiger partial charge in [-0.15, -0.1) is 0 Å². The van der Waals surface area contributed by atoms with Crippen LogP contribution in [0.2, 0.25) is 0 Å². The summed E-state index contributed by atoms with van der Waals surface area (Å²) in [5.41, 5.74) is 0.687. The average Bonchev–Trinajstić information content (AvgIpc) is 2.24. The van der Waals surface area contributed by atoms with Crippen LogP contribution in [0.5, 0.6) is 0 Å². The van der Waals surface area contributed by atoms with Crippen LogP contribution in [-0.4, -0.2) is 18.2 Å². The largest absolute Gasteiger partial charge is 0.444 e. The molecule has 0 heterocycles. The lowest BCUT2D eigenvalue weighted by atomic mass is 10.2. The van der Waals surface area contributed by atoms with Gasteiger partial charge in [-0.1, -0.05) is 30.4 Å². The van der Waals surface area contributed by atoms with E-state index in [-0.39, 0.29) is 0 Å². The normalized spacial score (nSPS) is 11.6. The van der Waals surface area contributed by atoms with E-state index in [1.54, 1.807) is 0 Å². The van der Waals surface area contributed by atoms with Gasteiger partial charge in [0.1, 0.15) is 5.60 Å². The summed E-state index contributed by atoms with van der Waals surface area (Å²) < 4.78 is 6.31. The van der Waals surface area contributed by atoms with Gasteiger partial charge in [0, 0.05) is 10.1 Å². The van der Waals surface area contributed by atoms with Crippen LogP contribution in [0.15, 0.2) is 30.3 Å². The lowest BCUT2D eigenvalue weighted by Crippen LogP contribution is -2.32. The van der Waals surface area contributed by atoms with Gasteiger partial charge in [0.2, 0.25) is 0 Å². The number of carbonyl (C=O) groups is 1. The second kappa shape index (κ2) is 6.78. The van der Waals surface area contributed by atoms with E-state index in [2.05, 4.69) is 27.9 Å². The Bertz CT molecular complexity index is 436. The molecule has 0 aliphatic carbocycles. The summed E-state index contributed by atoms with van der Waals surface area (Å²) in [5.74, 6) is 0. The summed E-state index contributed by atoms with van der Waals surface area (Å²) in [6.45, 7) is 5.98. The van der Waals surface area contributed by atoms with Crippen molar-refractivity contribution in [1.29, 1.82) is 0 Å². The van der Waals surface area contributed by atoms with Crippen LogP contribution in [0.3, 0.4) is 0 Å². The van der Waals surface area contributed by atoms with Gasteiger partial charge in [0.25, 0.3) is 0 Å². The Kier molecular flexibility index (Phi) is 5.65. The number of rotatable bonds is 3. The average molecular weight is 359 g/mol. The maximum Gasteiger partial charge on any atom is 0.407 e. The molecule has 18 heavy (non-hydrogen) atoms. The third-order valence-electron chi connectivity index (χ3n) is 1.97. The Morgan fingerprint density at radius 2 is 2.06 bits per heavy atom. The first kappa shape index (κ1) is 15.0. The SMILES string of the molecule is CC(C)(C)OC(=O)NCC=Cc1ccccc1I. The second-order valence-corrected chi connectivity index (χ2v) is 5.97. The van der Waals surface area contributed by atoms with Crippen LogP contribution in [0.25, 0.3) is 6.08 Å². The first-order valence-corrected chi connectivity index (χ1v) is 6.84. The van der Waals surface area contributed by atoms with Crippen molar-refractivity contribution < 1.29 is 9.53 Å². The summed E-state index contributed by atoms with van der Waals surface area (Å²) in [7, 11) is 0. The molecule has 3 nitrogen and oxygen atoms in total. The monoisotopic (exact) mass is 359 g/mol. The molecule has 1 aromatic rings. The predicted molar refractivity (Wildman–Crippen MR) is 82.4 cm³/mol. The standard InChI is InChI=1S/C14H18INO2/c1-14(2,3)18-13(17)16-10-6-8-11-7-4-5-9-12(11)15/h4-9H,10H2,1-3H3,(H,16,17). The molecule has 0 saturated heterocycles. The number of benzene rings is 1. The van der Waals surface area contributed by atoms with Gasteiger partial charge in [-0.2, -0.15) is 0 Å². The molecular weight excluding hydrogens is 341 g/mol. The molecule has 0 saturated carbocycles. The third kappa shape index (κ3) is 6.05. The molecule has 0 fully saturated rings. The number of amides is 1. The molecule has 1 amide bonds. The van der Waals surface area contributed by atoms with Gasteiger partial charge in [-0.3, -0.25) is 0 Å². The molecule has 0 aliphatic rings. The molecule has 0 bridgehead atoms. The highest BCUT2D eigenvalue weighted by atomic mass is 127. The quantitative estimate of drug-likeness (QED) is 0.833. The van der Waals surface area contributed by atoms with E-state index < -0.39 is 11.7 Å². The molecule has 98 valence electrons. The molecule has 0 aromatic heterocycles. The summed E-state index contributed by atoms with van der Waals surface area (Å²) >= 11 is 2.28. The zero-order valence-corrected chi connectivity index (χ0v) is 13.0. The maximum atomic E-state index is 11.4. The Morgan fingerprint density at radius 1 is 1.39 bits per heavy atom. The van der Waals surface area contributed by atoms with E-state index in [0.29, 0.717) is 6.54 Å². The maximum absolute atomic E-state index is 11.4. The highest BCUT2D eigenvalue weighted by Crippen LogP contribution is 2.12. The van der Waals surface area contributed by atoms with Crippen molar-refractivity contribution in [3.8, 4) is 0 Å². The molecule has 1 N–H and O–H groups in total. The van der Waals surface area contributed by atoms with Crippen LogP contribution in [0, 0.1) is 3.57 Å². The van der Waals surface area contributed by atoms with Gasteiger partial charge < -0.3 is 10.1 Å². The Hall–Kier alpha value is -1.04. The van der Waals surface area contributed by atoms with Gasteiger partial charge in [0.05, 0.1) is 0 Å². The lowest BCUT2D eigenvalue weighted by Gasteiger charge is -2.19. The number of hydrogen-bond acceptors (Lipinski definition) is 2. The zero-order chi connectivity index (χ0) is 13.6. The van der Waals surface area contributed by atoms with E-state index in [1.807, 2.05) is 57.2 Å². The van der Waals surface area contributed by atoms with E-state index in [9.17, 15) is 4.79 Å². The molecule has 0 aliphatic heterocycles. The van der Waals surface area contributed by atoms with Crippen LogP contribution in [0.4, 0.5) is 4.79 Å². The van der Waals surface area contributed by atoms with Crippen molar-refractivity contribution >= 4 is 34.8 Å². The third-order valence-corrected chi connectivity index (χ3v) is 2.95. The predicted octanol–water partition coefficient (Wildman–Crippen LogP) is 3.83. The minimum atomic E-state index is -0.456. The van der Waals surface area contributed by atoms with E-state index in [1.165, 1.54) is 3.57 Å². The highest BCUT2D eigenvalue weighted by Gasteiger charge is 2.14. The summed E-state index contributed by atoms with van der Waals surface area (Å²) in [5, 5.41) is 2.68. The Labute approximate surface area is 122 Å². The van der Waals surface area contributed by atoms with Crippen LogP contribution >= 0.6 is 22.6 Å². The van der Waals surface area contributed by atoms with Crippen LogP contribution in [-0.2, 0) is 4.74 Å². The van der Waals surface area contributed by atoms with Crippen molar-refractivity contribution in [3.63, 3.8) is 0 Å². The van der Waals surface area contributed by atoms with Crippen LogP contribution < -0.4 is 5.32 Å². The van der Waals surface area contributed by atoms with Gasteiger partial charge >= 0.3 is 6.09 Å². The van der Waals surface area contributed by atoms with Crippen molar-refractivity contribution in [1.82, 2.24) is 5.32 Å². The lowest BCUT2D eigenvalue weighted by molar-refractivity contribution is 0.0534. The number of ether oxygens (including phenoxy) is 1. The second-order valence-electron chi connectivity index (χ2n) is 4.81. The number of carbonyl (C=O) groups excluding carboxylic acids is 1. The molecular formula is C14H18INO2. The van der Waals surface area contributed by atoms with Crippen molar-refractivity contribution in [3.05, 3.63) is 39.5 Å². The fraction of sp³-hybridized carbons (Fsp3) is 0.357. The highest BCUT2D eigenvalue weighted by molar-refractivity contribution is 14.1. The molecule has 0 unspecified atom stereocenters. The Morgan fingerprint density at radius 3 is 2.67 bits per heavy atom. The molecule has 0 spiro atoms. The number of hydrogen-bond donors (Lipinski definition) is 1. The van der Waals surface area contributed by atoms with E-state index in [4.69, 9.17) is 4.74 Å². The van der Waals surface area contributed by atoms with Crippen molar-refractivity contribution in [2.24, 2.45) is 0 Å². The van der Waals surface area contributed by atoms with Crippen molar-refractivity contribution in [2.45, 2.75) is 26.4 Å². The van der Waals surface area contributed by atoms with Crippen LogP contribution in [0.1, 0.15) is 26.3 Å². The number of nitrogens with one attached hydrogen (secondary N) is 1. The fourth-order valence-corrected chi connectivity index (χ4v) is 1.82. The molecule has 4 heteroatoms. The molecule has 0 atom stereocenters. The smallest absolute Gasteiger partial charge is 0.407 e. The molecule has 1 aromatic carbocycles. The summed E-state index contributed by atoms with van der Waals surface area (Å²) in [4.78, 5) is 11.4. The minimum Gasteiger partial charge on any atom is -0.444 e. The number of halogens is 1. The summed E-state index contributed by atoms with van der Waals surface area (Å²) in [6.07, 6.45) is 3.50. The first-order chi connectivity index (χ1) is 8.38. The Balaban J connectivity index is 2.38. The fourth-order valence-electron chi connectivity index (χ4n) is 1.25. The van der Waals surface area contributed by atoms with E-state index >= 15 is 0 Å². The number of alkyl carbamates (subject to hydrolysis) is 1. The van der Waals surface area contributed by atoms with Gasteiger partial charge in [-0.05, 0) is 55.0 Å². The van der Waals surface area contributed by atoms with Crippen molar-refractivity contribution in [2.75, 3.05) is 6.54 Å². The van der Waals surface area contributed by atoms with Gasteiger partial charge in [-0.25, -0.2) is 4.79 Å². The van der Waals surface area contributed by atoms with E-state index in [0.717, 1.165) is 5.56 Å². The minimum absolute atomic E-state index is 0.394. The molecule has 0 radical (unpaired) electrons. The topological polar surface area (TPSA) is 38.3 Å². The zero-order valence-electron chi connectivity index (χ0n) is 10.9. The summed E-state index contributed by atoms with van der Waals surface area (Å²) in [6, 6.07) is 8.06. The molecule has 1 rings (SSSR count). The first-order valence-electron chi connectivity index (χ1n) is 5.76.